The van der Waals surface area contributed by atoms with Crippen LogP contribution in [0.5, 0.6) is 0 Å². The molecule has 0 aliphatic rings. The minimum atomic E-state index is 0.722. The lowest BCUT2D eigenvalue weighted by molar-refractivity contribution is 0.729. The summed E-state index contributed by atoms with van der Waals surface area (Å²) in [4.78, 5) is 0. The van der Waals surface area contributed by atoms with Crippen molar-refractivity contribution in [2.45, 2.75) is 39.5 Å². The molecule has 0 aliphatic heterocycles. The van der Waals surface area contributed by atoms with Crippen LogP contribution in [0.25, 0.3) is 0 Å². The molecule has 0 saturated carbocycles. The Morgan fingerprint density at radius 3 is 2.71 bits per heavy atom. The van der Waals surface area contributed by atoms with E-state index in [-0.39, 0.29) is 0 Å². The average Bonchev–Trinajstić information content (AvgIpc) is 2.22. The molecule has 0 heterocycles. The summed E-state index contributed by atoms with van der Waals surface area (Å²) < 4.78 is 0. The van der Waals surface area contributed by atoms with Crippen LogP contribution in [0.2, 0.25) is 0 Å². The fraction of sp³-hybridized carbons (Fsp3) is 0.462. The van der Waals surface area contributed by atoms with Crippen LogP contribution in [0.15, 0.2) is 36.0 Å². The molecule has 1 heteroatoms. The van der Waals surface area contributed by atoms with E-state index in [1.165, 1.54) is 19.3 Å². The van der Waals surface area contributed by atoms with E-state index in [1.54, 1.807) is 0 Å². The number of allylic oxidation sites excluding steroid dienone is 6. The summed E-state index contributed by atoms with van der Waals surface area (Å²) in [5.41, 5.74) is 0.722. The summed E-state index contributed by atoms with van der Waals surface area (Å²) in [7, 11) is 0. The smallest absolute Gasteiger partial charge is 0.0991 e. The highest BCUT2D eigenvalue weighted by molar-refractivity contribution is 5.35. The SMILES string of the molecule is CC=CC=C(C#N)C=CCCCCC. The lowest BCUT2D eigenvalue weighted by atomic mass is 10.1. The highest BCUT2D eigenvalue weighted by atomic mass is 14.2. The fourth-order valence-electron chi connectivity index (χ4n) is 1.05. The summed E-state index contributed by atoms with van der Waals surface area (Å²) in [5, 5.41) is 8.75. The van der Waals surface area contributed by atoms with Crippen molar-refractivity contribution < 1.29 is 0 Å². The molecular weight excluding hydrogens is 170 g/mol. The lowest BCUT2D eigenvalue weighted by Gasteiger charge is -1.91. The summed E-state index contributed by atoms with van der Waals surface area (Å²) in [6, 6.07) is 2.15. The fourth-order valence-corrected chi connectivity index (χ4v) is 1.05. The Hall–Kier alpha value is -1.29. The van der Waals surface area contributed by atoms with E-state index in [4.69, 9.17) is 5.26 Å². The molecule has 0 unspecified atom stereocenters. The van der Waals surface area contributed by atoms with Gasteiger partial charge < -0.3 is 0 Å². The standard InChI is InChI=1S/C13H19N/c1-3-5-7-8-9-11-13(12-14)10-6-4-2/h4,6,9-11H,3,5,7-8H2,1-2H3. The van der Waals surface area contributed by atoms with Crippen LogP contribution < -0.4 is 0 Å². The first kappa shape index (κ1) is 12.7. The predicted molar refractivity (Wildman–Crippen MR) is 61.8 cm³/mol. The zero-order chi connectivity index (χ0) is 10.6. The minimum Gasteiger partial charge on any atom is -0.192 e. The normalized spacial score (nSPS) is 12.5. The first-order valence-electron chi connectivity index (χ1n) is 5.24. The number of hydrogen-bond acceptors (Lipinski definition) is 1. The van der Waals surface area contributed by atoms with Crippen molar-refractivity contribution in [1.29, 1.82) is 5.26 Å². The zero-order valence-electron chi connectivity index (χ0n) is 9.16. The van der Waals surface area contributed by atoms with Gasteiger partial charge in [0.2, 0.25) is 0 Å². The van der Waals surface area contributed by atoms with Gasteiger partial charge in [-0.3, -0.25) is 0 Å². The molecule has 0 N–H and O–H groups in total. The Morgan fingerprint density at radius 1 is 1.36 bits per heavy atom. The van der Waals surface area contributed by atoms with Gasteiger partial charge >= 0.3 is 0 Å². The number of nitrogens with zero attached hydrogens (tertiary/aromatic N) is 1. The van der Waals surface area contributed by atoms with E-state index in [2.05, 4.69) is 19.1 Å². The Labute approximate surface area is 87.4 Å². The number of nitriles is 1. The summed E-state index contributed by atoms with van der Waals surface area (Å²) >= 11 is 0. The van der Waals surface area contributed by atoms with Crippen molar-refractivity contribution in [3.8, 4) is 6.07 Å². The quantitative estimate of drug-likeness (QED) is 0.350. The third kappa shape index (κ3) is 7.36. The van der Waals surface area contributed by atoms with Crippen molar-refractivity contribution in [2.24, 2.45) is 0 Å². The summed E-state index contributed by atoms with van der Waals surface area (Å²) in [6.07, 6.45) is 14.4. The van der Waals surface area contributed by atoms with Crippen molar-refractivity contribution in [1.82, 2.24) is 0 Å². The van der Waals surface area contributed by atoms with Gasteiger partial charge in [0.1, 0.15) is 0 Å². The molecule has 76 valence electrons. The van der Waals surface area contributed by atoms with Gasteiger partial charge in [-0.15, -0.1) is 0 Å². The topological polar surface area (TPSA) is 23.8 Å². The molecule has 0 amide bonds. The van der Waals surface area contributed by atoms with E-state index in [1.807, 2.05) is 31.2 Å². The molecular formula is C13H19N. The Kier molecular flexibility index (Phi) is 8.89. The van der Waals surface area contributed by atoms with Crippen molar-refractivity contribution >= 4 is 0 Å². The second kappa shape index (κ2) is 9.80. The monoisotopic (exact) mass is 189 g/mol. The maximum absolute atomic E-state index is 8.75. The third-order valence-corrected chi connectivity index (χ3v) is 1.87. The Morgan fingerprint density at radius 2 is 2.14 bits per heavy atom. The molecule has 0 bridgehead atoms. The summed E-state index contributed by atoms with van der Waals surface area (Å²) in [6.45, 7) is 4.13. The van der Waals surface area contributed by atoms with E-state index >= 15 is 0 Å². The third-order valence-electron chi connectivity index (χ3n) is 1.87. The molecule has 0 aliphatic carbocycles. The minimum absolute atomic E-state index is 0.722. The molecule has 0 saturated heterocycles. The average molecular weight is 189 g/mol. The molecule has 0 spiro atoms. The zero-order valence-corrected chi connectivity index (χ0v) is 9.16. The van der Waals surface area contributed by atoms with Crippen LogP contribution >= 0.6 is 0 Å². The number of unbranched alkanes of at least 4 members (excludes halogenated alkanes) is 3. The van der Waals surface area contributed by atoms with Crippen LogP contribution in [0.1, 0.15) is 39.5 Å². The maximum atomic E-state index is 8.75. The molecule has 0 fully saturated rings. The van der Waals surface area contributed by atoms with Crippen LogP contribution in [0.4, 0.5) is 0 Å². The maximum Gasteiger partial charge on any atom is 0.0991 e. The molecule has 0 atom stereocenters. The molecule has 0 rings (SSSR count). The van der Waals surface area contributed by atoms with Gasteiger partial charge in [0.05, 0.1) is 11.6 Å². The van der Waals surface area contributed by atoms with Gasteiger partial charge in [-0.05, 0) is 31.9 Å². The molecule has 0 aromatic carbocycles. The van der Waals surface area contributed by atoms with Crippen LogP contribution in [-0.2, 0) is 0 Å². The number of hydrogen-bond donors (Lipinski definition) is 0. The van der Waals surface area contributed by atoms with E-state index < -0.39 is 0 Å². The van der Waals surface area contributed by atoms with Gasteiger partial charge in [-0.25, -0.2) is 0 Å². The van der Waals surface area contributed by atoms with Gasteiger partial charge in [0, 0.05) is 0 Å². The molecule has 0 aromatic heterocycles. The second-order valence-corrected chi connectivity index (χ2v) is 3.16. The summed E-state index contributed by atoms with van der Waals surface area (Å²) in [5.74, 6) is 0. The van der Waals surface area contributed by atoms with Gasteiger partial charge in [0.25, 0.3) is 0 Å². The molecule has 1 nitrogen and oxygen atoms in total. The van der Waals surface area contributed by atoms with Gasteiger partial charge in [-0.2, -0.15) is 5.26 Å². The molecule has 0 radical (unpaired) electrons. The van der Waals surface area contributed by atoms with Gasteiger partial charge in [-0.1, -0.05) is 38.0 Å². The number of rotatable bonds is 6. The van der Waals surface area contributed by atoms with Crippen molar-refractivity contribution in [3.63, 3.8) is 0 Å². The molecule has 0 aromatic rings. The highest BCUT2D eigenvalue weighted by Gasteiger charge is 1.86. The van der Waals surface area contributed by atoms with Crippen molar-refractivity contribution in [3.05, 3.63) is 36.0 Å². The van der Waals surface area contributed by atoms with E-state index in [9.17, 15) is 0 Å². The van der Waals surface area contributed by atoms with Crippen LogP contribution in [0.3, 0.4) is 0 Å². The predicted octanol–water partition coefficient (Wildman–Crippen LogP) is 4.15. The first-order chi connectivity index (χ1) is 6.85. The molecule has 14 heavy (non-hydrogen) atoms. The first-order valence-corrected chi connectivity index (χ1v) is 5.24. The van der Waals surface area contributed by atoms with Crippen molar-refractivity contribution in [2.75, 3.05) is 0 Å². The largest absolute Gasteiger partial charge is 0.192 e. The second-order valence-electron chi connectivity index (χ2n) is 3.16. The van der Waals surface area contributed by atoms with Gasteiger partial charge in [0.15, 0.2) is 0 Å². The lowest BCUT2D eigenvalue weighted by Crippen LogP contribution is -1.73. The van der Waals surface area contributed by atoms with E-state index in [0.29, 0.717) is 0 Å². The highest BCUT2D eigenvalue weighted by Crippen LogP contribution is 2.02. The van der Waals surface area contributed by atoms with Crippen LogP contribution in [-0.4, -0.2) is 0 Å². The Balaban J connectivity index is 3.88. The van der Waals surface area contributed by atoms with E-state index in [0.717, 1.165) is 12.0 Å². The van der Waals surface area contributed by atoms with Crippen LogP contribution in [0, 0.1) is 11.3 Å². The Bertz CT molecular complexity index is 251.